The Morgan fingerprint density at radius 2 is 2.27 bits per heavy atom. The summed E-state index contributed by atoms with van der Waals surface area (Å²) in [4.78, 5) is 0. The first-order chi connectivity index (χ1) is 7.29. The molecule has 0 aliphatic heterocycles. The molecule has 2 aromatic heterocycles. The lowest BCUT2D eigenvalue weighted by molar-refractivity contribution is 0.772. The predicted octanol–water partition coefficient (Wildman–Crippen LogP) is 2.93. The monoisotopic (exact) mass is 240 g/mol. The van der Waals surface area contributed by atoms with E-state index in [9.17, 15) is 0 Å². The van der Waals surface area contributed by atoms with Crippen molar-refractivity contribution in [2.45, 2.75) is 26.2 Å². The second-order valence-electron chi connectivity index (χ2n) is 3.30. The molecule has 4 nitrogen and oxygen atoms in total. The minimum atomic E-state index is 0.683. The molecule has 0 saturated heterocycles. The molecule has 0 aliphatic carbocycles. The number of nitrogens with zero attached hydrogens (tertiary/aromatic N) is 2. The molecule has 0 amide bonds. The van der Waals surface area contributed by atoms with Crippen molar-refractivity contribution in [1.82, 2.24) is 20.4 Å². The van der Waals surface area contributed by atoms with E-state index in [2.05, 4.69) is 27.3 Å². The summed E-state index contributed by atoms with van der Waals surface area (Å²) in [7, 11) is 0. The van der Waals surface area contributed by atoms with Crippen LogP contribution in [0.5, 0.6) is 0 Å². The van der Waals surface area contributed by atoms with Crippen LogP contribution in [0.2, 0.25) is 0 Å². The quantitative estimate of drug-likeness (QED) is 0.808. The molecule has 15 heavy (non-hydrogen) atoms. The van der Waals surface area contributed by atoms with E-state index < -0.39 is 0 Å². The molecule has 0 radical (unpaired) electrons. The van der Waals surface area contributed by atoms with Gasteiger partial charge in [-0.25, -0.2) is 0 Å². The molecule has 80 valence electrons. The number of aromatic nitrogens is 4. The normalized spacial score (nSPS) is 10.7. The number of hydrogen-bond donors (Lipinski definition) is 2. The SMILES string of the molecule is CCCCc1cc(-c2n[nH]c(=S)s2)n[nH]1. The van der Waals surface area contributed by atoms with E-state index in [1.807, 2.05) is 6.07 Å². The Hall–Kier alpha value is -1.01. The smallest absolute Gasteiger partial charge is 0.176 e. The summed E-state index contributed by atoms with van der Waals surface area (Å²) in [5.41, 5.74) is 2.03. The van der Waals surface area contributed by atoms with E-state index in [0.29, 0.717) is 3.95 Å². The van der Waals surface area contributed by atoms with Crippen molar-refractivity contribution in [2.24, 2.45) is 0 Å². The van der Waals surface area contributed by atoms with Crippen LogP contribution in [0.4, 0.5) is 0 Å². The third-order valence-electron chi connectivity index (χ3n) is 2.09. The van der Waals surface area contributed by atoms with E-state index in [0.717, 1.165) is 22.8 Å². The summed E-state index contributed by atoms with van der Waals surface area (Å²) in [5.74, 6) is 0. The minimum Gasteiger partial charge on any atom is -0.282 e. The van der Waals surface area contributed by atoms with Gasteiger partial charge in [0, 0.05) is 5.69 Å². The Kier molecular flexibility index (Phi) is 3.27. The highest BCUT2D eigenvalue weighted by atomic mass is 32.1. The van der Waals surface area contributed by atoms with Crippen LogP contribution in [-0.4, -0.2) is 20.4 Å². The summed E-state index contributed by atoms with van der Waals surface area (Å²) in [6, 6.07) is 2.04. The van der Waals surface area contributed by atoms with Crippen LogP contribution in [-0.2, 0) is 6.42 Å². The van der Waals surface area contributed by atoms with E-state index in [1.54, 1.807) is 0 Å². The van der Waals surface area contributed by atoms with E-state index in [-0.39, 0.29) is 0 Å². The fourth-order valence-electron chi connectivity index (χ4n) is 1.31. The number of nitrogens with one attached hydrogen (secondary N) is 2. The Labute approximate surface area is 96.8 Å². The summed E-state index contributed by atoms with van der Waals surface area (Å²) in [6.07, 6.45) is 3.41. The fourth-order valence-corrected chi connectivity index (χ4v) is 2.16. The average molecular weight is 240 g/mol. The first-order valence-corrected chi connectivity index (χ1v) is 6.12. The molecule has 0 aliphatic rings. The van der Waals surface area contributed by atoms with Gasteiger partial charge in [-0.1, -0.05) is 24.7 Å². The van der Waals surface area contributed by atoms with Crippen LogP contribution < -0.4 is 0 Å². The largest absolute Gasteiger partial charge is 0.282 e. The Morgan fingerprint density at radius 3 is 2.93 bits per heavy atom. The van der Waals surface area contributed by atoms with Crippen LogP contribution in [0.3, 0.4) is 0 Å². The van der Waals surface area contributed by atoms with Crippen molar-refractivity contribution >= 4 is 23.6 Å². The van der Waals surface area contributed by atoms with Crippen molar-refractivity contribution < 1.29 is 0 Å². The maximum Gasteiger partial charge on any atom is 0.176 e. The lowest BCUT2D eigenvalue weighted by Gasteiger charge is -1.90. The van der Waals surface area contributed by atoms with E-state index in [4.69, 9.17) is 12.2 Å². The minimum absolute atomic E-state index is 0.683. The predicted molar refractivity (Wildman–Crippen MR) is 63.5 cm³/mol. The molecule has 0 saturated carbocycles. The van der Waals surface area contributed by atoms with E-state index >= 15 is 0 Å². The van der Waals surface area contributed by atoms with Crippen LogP contribution in [0.25, 0.3) is 10.7 Å². The van der Waals surface area contributed by atoms with Gasteiger partial charge in [-0.2, -0.15) is 10.2 Å². The molecule has 0 unspecified atom stereocenters. The number of unbranched alkanes of at least 4 members (excludes halogenated alkanes) is 1. The Bertz CT molecular complexity index is 482. The summed E-state index contributed by atoms with van der Waals surface area (Å²) in [6.45, 7) is 2.18. The van der Waals surface area contributed by atoms with Gasteiger partial charge in [0.1, 0.15) is 5.69 Å². The zero-order chi connectivity index (χ0) is 10.7. The maximum atomic E-state index is 4.97. The van der Waals surface area contributed by atoms with Crippen molar-refractivity contribution in [1.29, 1.82) is 0 Å². The molecular formula is C9H12N4S2. The van der Waals surface area contributed by atoms with Gasteiger partial charge in [-0.15, -0.1) is 0 Å². The molecule has 6 heteroatoms. The average Bonchev–Trinajstić information content (AvgIpc) is 2.83. The summed E-state index contributed by atoms with van der Waals surface area (Å²) in [5, 5.41) is 14.9. The highest BCUT2D eigenvalue weighted by Crippen LogP contribution is 2.20. The molecule has 2 rings (SSSR count). The van der Waals surface area contributed by atoms with Crippen LogP contribution in [0.15, 0.2) is 6.07 Å². The van der Waals surface area contributed by atoms with Crippen LogP contribution in [0, 0.1) is 3.95 Å². The Morgan fingerprint density at radius 1 is 1.40 bits per heavy atom. The third-order valence-corrected chi connectivity index (χ3v) is 3.20. The number of rotatable bonds is 4. The molecule has 2 N–H and O–H groups in total. The van der Waals surface area contributed by atoms with Gasteiger partial charge >= 0.3 is 0 Å². The van der Waals surface area contributed by atoms with Gasteiger partial charge in [-0.3, -0.25) is 10.2 Å². The second kappa shape index (κ2) is 4.67. The summed E-state index contributed by atoms with van der Waals surface area (Å²) >= 11 is 6.42. The number of hydrogen-bond acceptors (Lipinski definition) is 4. The first kappa shape index (κ1) is 10.5. The van der Waals surface area contributed by atoms with Crippen molar-refractivity contribution in [3.05, 3.63) is 15.7 Å². The van der Waals surface area contributed by atoms with Gasteiger partial charge in [0.25, 0.3) is 0 Å². The molecular weight excluding hydrogens is 228 g/mol. The summed E-state index contributed by atoms with van der Waals surface area (Å²) < 4.78 is 0.683. The zero-order valence-corrected chi connectivity index (χ0v) is 10.0. The van der Waals surface area contributed by atoms with Crippen molar-refractivity contribution in [3.63, 3.8) is 0 Å². The van der Waals surface area contributed by atoms with Gasteiger partial charge < -0.3 is 0 Å². The molecule has 0 atom stereocenters. The lowest BCUT2D eigenvalue weighted by Crippen LogP contribution is -1.83. The van der Waals surface area contributed by atoms with Gasteiger partial charge in [0.05, 0.1) is 0 Å². The standard InChI is InChI=1S/C9H12N4S2/c1-2-3-4-6-5-7(11-10-6)8-12-13-9(14)15-8/h5H,2-4H2,1H3,(H,10,11)(H,13,14). The van der Waals surface area contributed by atoms with Crippen molar-refractivity contribution in [3.8, 4) is 10.7 Å². The molecule has 0 bridgehead atoms. The topological polar surface area (TPSA) is 57.4 Å². The highest BCUT2D eigenvalue weighted by Gasteiger charge is 2.06. The maximum absolute atomic E-state index is 4.97. The highest BCUT2D eigenvalue weighted by molar-refractivity contribution is 7.73. The van der Waals surface area contributed by atoms with Crippen LogP contribution >= 0.6 is 23.6 Å². The zero-order valence-electron chi connectivity index (χ0n) is 8.41. The van der Waals surface area contributed by atoms with E-state index in [1.165, 1.54) is 24.2 Å². The molecule has 0 aromatic carbocycles. The fraction of sp³-hybridized carbons (Fsp3) is 0.444. The molecule has 2 heterocycles. The van der Waals surface area contributed by atoms with Crippen molar-refractivity contribution in [2.75, 3.05) is 0 Å². The van der Waals surface area contributed by atoms with Crippen LogP contribution in [0.1, 0.15) is 25.5 Å². The Balaban J connectivity index is 2.16. The number of aryl methyl sites for hydroxylation is 1. The van der Waals surface area contributed by atoms with Gasteiger partial charge in [0.2, 0.25) is 0 Å². The number of H-pyrrole nitrogens is 2. The third kappa shape index (κ3) is 2.51. The number of aromatic amines is 2. The van der Waals surface area contributed by atoms with Gasteiger partial charge in [0.15, 0.2) is 8.96 Å². The molecule has 0 fully saturated rings. The van der Waals surface area contributed by atoms with Gasteiger partial charge in [-0.05, 0) is 31.1 Å². The second-order valence-corrected chi connectivity index (χ2v) is 4.97. The molecule has 0 spiro atoms. The lowest BCUT2D eigenvalue weighted by atomic mass is 10.2. The first-order valence-electron chi connectivity index (χ1n) is 4.89. The molecule has 2 aromatic rings.